The molecule has 2 fully saturated rings. The van der Waals surface area contributed by atoms with Crippen LogP contribution < -0.4 is 5.73 Å². The molecule has 0 aromatic heterocycles. The molecule has 1 spiro atoms. The van der Waals surface area contributed by atoms with Gasteiger partial charge in [-0.1, -0.05) is 6.42 Å². The van der Waals surface area contributed by atoms with Crippen molar-refractivity contribution in [1.82, 2.24) is 4.90 Å². The highest BCUT2D eigenvalue weighted by molar-refractivity contribution is 6.40. The second-order valence-corrected chi connectivity index (χ2v) is 8.67. The van der Waals surface area contributed by atoms with Gasteiger partial charge in [0.25, 0.3) is 0 Å². The summed E-state index contributed by atoms with van der Waals surface area (Å²) in [7, 11) is -1.39. The molecule has 9 heteroatoms. The van der Waals surface area contributed by atoms with Gasteiger partial charge in [-0.05, 0) is 52.3 Å². The fraction of sp³-hybridized carbons (Fsp3) is 0.875. The number of ether oxygens (including phenoxy) is 1. The summed E-state index contributed by atoms with van der Waals surface area (Å²) >= 11 is 0. The zero-order chi connectivity index (χ0) is 19.0. The Morgan fingerprint density at radius 2 is 1.92 bits per heavy atom. The number of nitrogens with two attached hydrogens (primary N) is 1. The highest BCUT2D eigenvalue weighted by atomic mass is 16.6. The molecule has 2 atom stereocenters. The molecular weight excluding hydrogens is 327 g/mol. The summed E-state index contributed by atoms with van der Waals surface area (Å²) in [6.07, 6.45) is 1.78. The van der Waals surface area contributed by atoms with E-state index in [1.807, 2.05) is 0 Å². The Morgan fingerprint density at radius 3 is 2.40 bits per heavy atom. The smallest absolute Gasteiger partial charge is 0.451 e. The Morgan fingerprint density at radius 1 is 1.32 bits per heavy atom. The minimum Gasteiger partial charge on any atom is -0.480 e. The maximum absolute atomic E-state index is 12.1. The zero-order valence-electron chi connectivity index (χ0n) is 15.2. The largest absolute Gasteiger partial charge is 0.480 e. The number of likely N-dealkylation sites (tertiary alicyclic amines) is 1. The third-order valence-electron chi connectivity index (χ3n) is 5.19. The second kappa shape index (κ2) is 6.77. The molecular formula is C16H29BN2O6. The van der Waals surface area contributed by atoms with Gasteiger partial charge in [0.15, 0.2) is 0 Å². The standard InChI is InChI=1S/C16H29BN2O6/c1-14(2,3)25-13(22)19-9-15(10-19)7-11(5-4-6-17(23)24)16(18,8-15)12(20)21/h11,23-24H,4-10,18H2,1-3H3,(H,20,21). The van der Waals surface area contributed by atoms with Crippen molar-refractivity contribution in [2.75, 3.05) is 13.1 Å². The molecule has 5 N–H and O–H groups in total. The van der Waals surface area contributed by atoms with Gasteiger partial charge in [0, 0.05) is 18.5 Å². The lowest BCUT2D eigenvalue weighted by atomic mass is 9.76. The van der Waals surface area contributed by atoms with Crippen molar-refractivity contribution < 1.29 is 29.5 Å². The Balaban J connectivity index is 1.98. The number of carboxylic acids is 1. The fourth-order valence-electron chi connectivity index (χ4n) is 4.16. The summed E-state index contributed by atoms with van der Waals surface area (Å²) in [5.74, 6) is -1.28. The number of hydrogen-bond acceptors (Lipinski definition) is 6. The average molecular weight is 356 g/mol. The Hall–Kier alpha value is -1.32. The minimum atomic E-state index is -1.39. The van der Waals surface area contributed by atoms with Crippen LogP contribution in [0.25, 0.3) is 0 Å². The third-order valence-corrected chi connectivity index (χ3v) is 5.19. The molecule has 1 saturated carbocycles. The quantitative estimate of drug-likeness (QED) is 0.532. The number of carboxylic acid groups (broad SMARTS) is 1. The highest BCUT2D eigenvalue weighted by Crippen LogP contribution is 2.53. The van der Waals surface area contributed by atoms with Gasteiger partial charge in [-0.25, -0.2) is 4.79 Å². The van der Waals surface area contributed by atoms with Gasteiger partial charge < -0.3 is 30.5 Å². The Bertz CT molecular complexity index is 529. The summed E-state index contributed by atoms with van der Waals surface area (Å²) in [6.45, 7) is 6.31. The average Bonchev–Trinajstić information content (AvgIpc) is 2.70. The van der Waals surface area contributed by atoms with Crippen LogP contribution in [0.2, 0.25) is 6.32 Å². The van der Waals surface area contributed by atoms with E-state index in [1.54, 1.807) is 25.7 Å². The molecule has 2 unspecified atom stereocenters. The fourth-order valence-corrected chi connectivity index (χ4v) is 4.16. The monoisotopic (exact) mass is 356 g/mol. The first-order chi connectivity index (χ1) is 11.4. The maximum Gasteiger partial charge on any atom is 0.451 e. The number of carbonyl (C=O) groups is 2. The minimum absolute atomic E-state index is 0.198. The normalized spacial score (nSPS) is 27.9. The first-order valence-electron chi connectivity index (χ1n) is 8.73. The second-order valence-electron chi connectivity index (χ2n) is 8.67. The molecule has 1 amide bonds. The lowest BCUT2D eigenvalue weighted by Crippen LogP contribution is -2.60. The van der Waals surface area contributed by atoms with Crippen LogP contribution >= 0.6 is 0 Å². The molecule has 8 nitrogen and oxygen atoms in total. The van der Waals surface area contributed by atoms with Crippen LogP contribution in [0, 0.1) is 11.3 Å². The molecule has 1 aliphatic carbocycles. The van der Waals surface area contributed by atoms with Crippen molar-refractivity contribution in [2.24, 2.45) is 17.1 Å². The summed E-state index contributed by atoms with van der Waals surface area (Å²) in [5, 5.41) is 27.5. The number of hydrogen-bond donors (Lipinski definition) is 4. The third kappa shape index (κ3) is 4.45. The summed E-state index contributed by atoms with van der Waals surface area (Å²) in [5.41, 5.74) is 4.03. The summed E-state index contributed by atoms with van der Waals surface area (Å²) < 4.78 is 5.35. The van der Waals surface area contributed by atoms with Crippen molar-refractivity contribution in [3.05, 3.63) is 0 Å². The van der Waals surface area contributed by atoms with E-state index in [1.165, 1.54) is 0 Å². The van der Waals surface area contributed by atoms with E-state index in [0.717, 1.165) is 0 Å². The van der Waals surface area contributed by atoms with E-state index in [2.05, 4.69) is 0 Å². The molecule has 0 aromatic rings. The highest BCUT2D eigenvalue weighted by Gasteiger charge is 2.61. The molecule has 0 radical (unpaired) electrons. The number of aliphatic carboxylic acids is 1. The van der Waals surface area contributed by atoms with E-state index in [-0.39, 0.29) is 23.7 Å². The SMILES string of the molecule is CC(C)(C)OC(=O)N1CC2(CC(CCCB(O)O)C(N)(C(=O)O)C2)C1. The molecule has 0 aromatic carbocycles. The van der Waals surface area contributed by atoms with Gasteiger partial charge in [0.2, 0.25) is 0 Å². The van der Waals surface area contributed by atoms with Crippen molar-refractivity contribution in [3.63, 3.8) is 0 Å². The number of nitrogens with zero attached hydrogens (tertiary/aromatic N) is 1. The number of rotatable bonds is 5. The van der Waals surface area contributed by atoms with Crippen molar-refractivity contribution >= 4 is 19.2 Å². The van der Waals surface area contributed by atoms with Gasteiger partial charge in [0.1, 0.15) is 11.1 Å². The molecule has 1 aliphatic heterocycles. The molecule has 2 aliphatic rings. The lowest BCUT2D eigenvalue weighted by molar-refractivity contribution is -0.145. The molecule has 2 rings (SSSR count). The molecule has 1 saturated heterocycles. The molecule has 142 valence electrons. The first kappa shape index (κ1) is 20.0. The van der Waals surface area contributed by atoms with Gasteiger partial charge >= 0.3 is 19.2 Å². The van der Waals surface area contributed by atoms with Crippen LogP contribution in [0.1, 0.15) is 46.5 Å². The Labute approximate surface area is 148 Å². The van der Waals surface area contributed by atoms with E-state index < -0.39 is 24.2 Å². The van der Waals surface area contributed by atoms with Crippen LogP contribution in [0.15, 0.2) is 0 Å². The van der Waals surface area contributed by atoms with Gasteiger partial charge in [-0.3, -0.25) is 4.79 Å². The maximum atomic E-state index is 12.1. The van der Waals surface area contributed by atoms with E-state index in [0.29, 0.717) is 38.8 Å². The van der Waals surface area contributed by atoms with E-state index in [9.17, 15) is 14.7 Å². The zero-order valence-corrected chi connectivity index (χ0v) is 15.2. The summed E-state index contributed by atoms with van der Waals surface area (Å²) in [6, 6.07) is 0. The topological polar surface area (TPSA) is 133 Å². The van der Waals surface area contributed by atoms with E-state index >= 15 is 0 Å². The van der Waals surface area contributed by atoms with Gasteiger partial charge in [-0.15, -0.1) is 0 Å². The first-order valence-corrected chi connectivity index (χ1v) is 8.73. The molecule has 25 heavy (non-hydrogen) atoms. The van der Waals surface area contributed by atoms with Crippen molar-refractivity contribution in [3.8, 4) is 0 Å². The predicted molar refractivity (Wildman–Crippen MR) is 91.8 cm³/mol. The number of amides is 1. The van der Waals surface area contributed by atoms with Crippen LogP contribution in [0.4, 0.5) is 4.79 Å². The predicted octanol–water partition coefficient (Wildman–Crippen LogP) is 0.669. The van der Waals surface area contributed by atoms with E-state index in [4.69, 9.17) is 20.5 Å². The van der Waals surface area contributed by atoms with Crippen LogP contribution in [0.3, 0.4) is 0 Å². The van der Waals surface area contributed by atoms with Crippen LogP contribution in [-0.4, -0.2) is 63.5 Å². The van der Waals surface area contributed by atoms with Gasteiger partial charge in [0.05, 0.1) is 0 Å². The lowest BCUT2D eigenvalue weighted by Gasteiger charge is -2.48. The van der Waals surface area contributed by atoms with Crippen molar-refractivity contribution in [2.45, 2.75) is 63.9 Å². The molecule has 0 bridgehead atoms. The number of carbonyl (C=O) groups excluding carboxylic acids is 1. The summed E-state index contributed by atoms with van der Waals surface area (Å²) in [4.78, 5) is 25.4. The van der Waals surface area contributed by atoms with Gasteiger partial charge in [-0.2, -0.15) is 0 Å². The van der Waals surface area contributed by atoms with Crippen LogP contribution in [-0.2, 0) is 9.53 Å². The van der Waals surface area contributed by atoms with Crippen LogP contribution in [0.5, 0.6) is 0 Å². The molecule has 1 heterocycles. The van der Waals surface area contributed by atoms with Crippen molar-refractivity contribution in [1.29, 1.82) is 0 Å². The Kier molecular flexibility index (Phi) is 5.42.